The van der Waals surface area contributed by atoms with Gasteiger partial charge in [0.15, 0.2) is 0 Å². The van der Waals surface area contributed by atoms with E-state index in [0.29, 0.717) is 24.2 Å². The van der Waals surface area contributed by atoms with Crippen LogP contribution in [0, 0.1) is 11.7 Å². The fraction of sp³-hybridized carbons (Fsp3) is 0.615. The molecule has 0 radical (unpaired) electrons. The van der Waals surface area contributed by atoms with Crippen molar-refractivity contribution in [2.45, 2.75) is 65.3 Å². The maximum Gasteiger partial charge on any atom is 0.248 e. The molecule has 0 aromatic heterocycles. The molecule has 1 aliphatic heterocycles. The van der Waals surface area contributed by atoms with Crippen molar-refractivity contribution in [2.24, 2.45) is 5.92 Å². The van der Waals surface area contributed by atoms with Gasteiger partial charge >= 0.3 is 0 Å². The van der Waals surface area contributed by atoms with E-state index in [1.807, 2.05) is 13.0 Å². The summed E-state index contributed by atoms with van der Waals surface area (Å²) in [6.45, 7) is 11.2. The summed E-state index contributed by atoms with van der Waals surface area (Å²) in [4.78, 5) is 27.3. The number of hydrogen-bond acceptors (Lipinski definition) is 5. The van der Waals surface area contributed by atoms with Gasteiger partial charge < -0.3 is 10.2 Å². The summed E-state index contributed by atoms with van der Waals surface area (Å²) in [6.07, 6.45) is 6.62. The van der Waals surface area contributed by atoms with Crippen molar-refractivity contribution < 1.29 is 14.0 Å². The van der Waals surface area contributed by atoms with Gasteiger partial charge in [0, 0.05) is 38.4 Å². The molecule has 2 N–H and O–H groups in total. The molecule has 33 heavy (non-hydrogen) atoms. The third-order valence-electron chi connectivity index (χ3n) is 7.11. The summed E-state index contributed by atoms with van der Waals surface area (Å²) in [7, 11) is 0. The summed E-state index contributed by atoms with van der Waals surface area (Å²) in [5.74, 6) is 0.0480. The summed E-state index contributed by atoms with van der Waals surface area (Å²) in [5.41, 5.74) is 4.39. The van der Waals surface area contributed by atoms with Gasteiger partial charge in [-0.25, -0.2) is 4.39 Å². The van der Waals surface area contributed by atoms with Gasteiger partial charge in [-0.15, -0.1) is 0 Å². The largest absolute Gasteiger partial charge is 0.374 e. The molecular weight excluding hydrogens is 419 g/mol. The number of benzene rings is 1. The third-order valence-corrected chi connectivity index (χ3v) is 7.11. The van der Waals surface area contributed by atoms with E-state index >= 15 is 0 Å². The van der Waals surface area contributed by atoms with Gasteiger partial charge in [0.05, 0.1) is 5.69 Å². The number of imide groups is 1. The van der Waals surface area contributed by atoms with Crippen LogP contribution in [0.1, 0.15) is 59.3 Å². The highest BCUT2D eigenvalue weighted by Gasteiger charge is 2.25. The number of allylic oxidation sites excluding steroid dienone is 2. The van der Waals surface area contributed by atoms with Gasteiger partial charge in [-0.2, -0.15) is 0 Å². The Morgan fingerprint density at radius 2 is 2.00 bits per heavy atom. The Morgan fingerprint density at radius 3 is 2.64 bits per heavy atom. The molecule has 7 heteroatoms. The van der Waals surface area contributed by atoms with Crippen molar-refractivity contribution in [1.29, 1.82) is 0 Å². The lowest BCUT2D eigenvalue weighted by atomic mass is 9.83. The lowest BCUT2D eigenvalue weighted by molar-refractivity contribution is -0.125. The number of nitrogens with one attached hydrogen (secondary N) is 2. The lowest BCUT2D eigenvalue weighted by Crippen LogP contribution is -2.48. The number of anilines is 2. The molecule has 1 aromatic rings. The van der Waals surface area contributed by atoms with Gasteiger partial charge in [0.2, 0.25) is 12.3 Å². The number of amides is 2. The Hall–Kier alpha value is -2.41. The fourth-order valence-corrected chi connectivity index (χ4v) is 5.13. The van der Waals surface area contributed by atoms with E-state index in [0.717, 1.165) is 45.1 Å². The van der Waals surface area contributed by atoms with Gasteiger partial charge in [-0.3, -0.25) is 19.8 Å². The number of piperazine rings is 1. The molecule has 0 bridgehead atoms. The Bertz CT molecular complexity index is 849. The predicted octanol–water partition coefficient (Wildman–Crippen LogP) is 4.33. The molecular formula is C26H39FN4O2. The van der Waals surface area contributed by atoms with Crippen molar-refractivity contribution >= 4 is 23.7 Å². The molecule has 1 saturated heterocycles. The highest BCUT2D eigenvalue weighted by Crippen LogP contribution is 2.32. The predicted molar refractivity (Wildman–Crippen MR) is 132 cm³/mol. The smallest absolute Gasteiger partial charge is 0.248 e. The summed E-state index contributed by atoms with van der Waals surface area (Å²) >= 11 is 0. The van der Waals surface area contributed by atoms with Crippen LogP contribution in [0.3, 0.4) is 0 Å². The molecule has 1 aliphatic carbocycles. The van der Waals surface area contributed by atoms with E-state index < -0.39 is 11.9 Å². The first kappa shape index (κ1) is 25.2. The zero-order chi connectivity index (χ0) is 23.8. The average Bonchev–Trinajstić information content (AvgIpc) is 2.81. The first-order valence-corrected chi connectivity index (χ1v) is 12.4. The topological polar surface area (TPSA) is 64.7 Å². The molecule has 2 amide bonds. The lowest BCUT2D eigenvalue weighted by Gasteiger charge is -2.38. The van der Waals surface area contributed by atoms with Crippen LogP contribution in [0.4, 0.5) is 15.8 Å². The van der Waals surface area contributed by atoms with Crippen LogP contribution < -0.4 is 15.5 Å². The van der Waals surface area contributed by atoms with Crippen molar-refractivity contribution in [3.8, 4) is 0 Å². The Labute approximate surface area is 197 Å². The normalized spacial score (nSPS) is 20.5. The number of hydrogen-bond donors (Lipinski definition) is 2. The van der Waals surface area contributed by atoms with Gasteiger partial charge in [0.1, 0.15) is 11.9 Å². The molecule has 0 saturated carbocycles. The van der Waals surface area contributed by atoms with Crippen LogP contribution >= 0.6 is 0 Å². The standard InChI is InChI=1S/C26H39FN4O2/c1-4-6-24(26(33)28-18-32)29-22-9-10-25(23(27)16-22)31-13-11-30(12-14-31)17-20-8-7-19(3)21(5-2)15-20/h9-10,16,18,20,24,29H,4-8,11-15,17H2,1-3H3,(H,28,32,33). The minimum atomic E-state index is -0.569. The maximum atomic E-state index is 15.0. The summed E-state index contributed by atoms with van der Waals surface area (Å²) < 4.78 is 15.0. The number of halogens is 1. The average molecular weight is 459 g/mol. The van der Waals surface area contributed by atoms with Crippen LogP contribution in [0.5, 0.6) is 0 Å². The first-order valence-electron chi connectivity index (χ1n) is 12.4. The summed E-state index contributed by atoms with van der Waals surface area (Å²) in [5, 5.41) is 5.24. The Balaban J connectivity index is 1.54. The van der Waals surface area contributed by atoms with Crippen LogP contribution in [-0.2, 0) is 9.59 Å². The molecule has 2 aliphatic rings. The molecule has 2 unspecified atom stereocenters. The second kappa shape index (κ2) is 12.2. The minimum absolute atomic E-state index is 0.292. The number of rotatable bonds is 10. The number of nitrogens with zero attached hydrogens (tertiary/aromatic N) is 2. The van der Waals surface area contributed by atoms with E-state index in [2.05, 4.69) is 34.3 Å². The molecule has 182 valence electrons. The van der Waals surface area contributed by atoms with Crippen LogP contribution in [0.2, 0.25) is 0 Å². The molecule has 1 heterocycles. The quantitative estimate of drug-likeness (QED) is 0.404. The monoisotopic (exact) mass is 458 g/mol. The van der Waals surface area contributed by atoms with Crippen LogP contribution in [-0.4, -0.2) is 56.0 Å². The van der Waals surface area contributed by atoms with E-state index in [4.69, 9.17) is 0 Å². The van der Waals surface area contributed by atoms with Gasteiger partial charge in [0.25, 0.3) is 0 Å². The molecule has 1 fully saturated rings. The third kappa shape index (κ3) is 6.79. The molecule has 3 rings (SSSR count). The second-order valence-electron chi connectivity index (χ2n) is 9.41. The summed E-state index contributed by atoms with van der Waals surface area (Å²) in [6, 6.07) is 4.48. The highest BCUT2D eigenvalue weighted by molar-refractivity contribution is 5.91. The molecule has 6 nitrogen and oxygen atoms in total. The molecule has 1 aromatic carbocycles. The zero-order valence-corrected chi connectivity index (χ0v) is 20.3. The van der Waals surface area contributed by atoms with Crippen molar-refractivity contribution in [2.75, 3.05) is 42.9 Å². The van der Waals surface area contributed by atoms with Gasteiger partial charge in [-0.1, -0.05) is 31.4 Å². The molecule has 2 atom stereocenters. The van der Waals surface area contributed by atoms with Crippen molar-refractivity contribution in [3.63, 3.8) is 0 Å². The van der Waals surface area contributed by atoms with E-state index in [9.17, 15) is 14.0 Å². The maximum absolute atomic E-state index is 15.0. The van der Waals surface area contributed by atoms with Crippen LogP contribution in [0.15, 0.2) is 29.3 Å². The Kier molecular flexibility index (Phi) is 9.30. The minimum Gasteiger partial charge on any atom is -0.374 e. The highest BCUT2D eigenvalue weighted by atomic mass is 19.1. The van der Waals surface area contributed by atoms with E-state index in [1.54, 1.807) is 17.2 Å². The number of carbonyl (C=O) groups excluding carboxylic acids is 2. The van der Waals surface area contributed by atoms with Gasteiger partial charge in [-0.05, 0) is 63.1 Å². The first-order chi connectivity index (χ1) is 15.9. The zero-order valence-electron chi connectivity index (χ0n) is 20.3. The number of carbonyl (C=O) groups is 2. The van der Waals surface area contributed by atoms with Crippen molar-refractivity contribution in [1.82, 2.24) is 10.2 Å². The van der Waals surface area contributed by atoms with E-state index in [-0.39, 0.29) is 5.82 Å². The SMILES string of the molecule is CCCC(Nc1ccc(N2CCN(CC3CCC(C)=C(CC)C3)CC2)c(F)c1)C(=O)NC=O. The van der Waals surface area contributed by atoms with Crippen molar-refractivity contribution in [3.05, 3.63) is 35.2 Å². The second-order valence-corrected chi connectivity index (χ2v) is 9.41. The van der Waals surface area contributed by atoms with Crippen LogP contribution in [0.25, 0.3) is 0 Å². The Morgan fingerprint density at radius 1 is 1.24 bits per heavy atom. The molecule has 0 spiro atoms. The van der Waals surface area contributed by atoms with E-state index in [1.165, 1.54) is 31.7 Å². The fourth-order valence-electron chi connectivity index (χ4n) is 5.13.